The number of fused-ring (bicyclic) bond motifs is 1. The molecule has 2 heterocycles. The lowest BCUT2D eigenvalue weighted by Crippen LogP contribution is -2.33. The van der Waals surface area contributed by atoms with Gasteiger partial charge in [0.1, 0.15) is 7.05 Å². The van der Waals surface area contributed by atoms with E-state index in [1.165, 1.54) is 10.5 Å². The topological polar surface area (TPSA) is 41.3 Å². The summed E-state index contributed by atoms with van der Waals surface area (Å²) < 4.78 is 1.93. The first-order valence-electron chi connectivity index (χ1n) is 7.44. The molecule has 1 aromatic heterocycles. The van der Waals surface area contributed by atoms with Crippen molar-refractivity contribution >= 4 is 11.8 Å². The van der Waals surface area contributed by atoms with E-state index >= 15 is 0 Å². The number of carbonyl (C=O) groups is 2. The van der Waals surface area contributed by atoms with Crippen LogP contribution in [0.3, 0.4) is 0 Å². The van der Waals surface area contributed by atoms with Crippen molar-refractivity contribution in [3.63, 3.8) is 0 Å². The third-order valence-corrected chi connectivity index (χ3v) is 4.57. The first kappa shape index (κ1) is 14.0. The molecule has 1 aliphatic heterocycles. The Morgan fingerprint density at radius 3 is 2.81 bits per heavy atom. The van der Waals surface area contributed by atoms with Gasteiger partial charge in [-0.15, -0.1) is 0 Å². The lowest BCUT2D eigenvalue weighted by Gasteiger charge is -2.25. The molecule has 1 aliphatic carbocycles. The number of hydrogen-bond acceptors (Lipinski definition) is 2. The Balaban J connectivity index is 1.86. The van der Waals surface area contributed by atoms with Gasteiger partial charge in [-0.25, -0.2) is 4.57 Å². The number of carbonyl (C=O) groups excluding carboxylic acids is 2. The van der Waals surface area contributed by atoms with E-state index in [1.54, 1.807) is 0 Å². The van der Waals surface area contributed by atoms with Crippen LogP contribution in [-0.2, 0) is 23.2 Å². The van der Waals surface area contributed by atoms with Crippen LogP contribution in [-0.4, -0.2) is 16.7 Å². The highest BCUT2D eigenvalue weighted by atomic mass is 16.2. The van der Waals surface area contributed by atoms with Crippen molar-refractivity contribution in [1.82, 2.24) is 4.90 Å². The summed E-state index contributed by atoms with van der Waals surface area (Å²) in [5, 5.41) is 0. The minimum Gasteiger partial charge on any atom is -0.277 e. The van der Waals surface area contributed by atoms with Crippen LogP contribution in [0.15, 0.2) is 36.2 Å². The van der Waals surface area contributed by atoms with Crippen molar-refractivity contribution < 1.29 is 14.2 Å². The number of aryl methyl sites for hydroxylation is 1. The van der Waals surface area contributed by atoms with E-state index < -0.39 is 0 Å². The van der Waals surface area contributed by atoms with E-state index in [0.717, 1.165) is 12.0 Å². The van der Waals surface area contributed by atoms with Gasteiger partial charge in [0.15, 0.2) is 12.4 Å². The molecule has 21 heavy (non-hydrogen) atoms. The zero-order chi connectivity index (χ0) is 15.1. The van der Waals surface area contributed by atoms with E-state index in [1.807, 2.05) is 50.0 Å². The van der Waals surface area contributed by atoms with Crippen molar-refractivity contribution in [2.45, 2.75) is 26.8 Å². The predicted octanol–water partition coefficient (Wildman–Crippen LogP) is 1.60. The van der Waals surface area contributed by atoms with Crippen LogP contribution in [0.2, 0.25) is 0 Å². The first-order chi connectivity index (χ1) is 9.97. The second kappa shape index (κ2) is 5.10. The Morgan fingerprint density at radius 2 is 2.10 bits per heavy atom. The lowest BCUT2D eigenvalue weighted by atomic mass is 9.76. The molecular formula is C17H21N2O2+. The molecule has 1 fully saturated rings. The van der Waals surface area contributed by atoms with Crippen molar-refractivity contribution in [1.29, 1.82) is 0 Å². The van der Waals surface area contributed by atoms with Gasteiger partial charge in [0, 0.05) is 11.6 Å². The molecule has 4 heteroatoms. The normalized spacial score (nSPS) is 28.6. The number of nitrogens with zero attached hydrogens (tertiary/aromatic N) is 2. The fourth-order valence-electron chi connectivity index (χ4n) is 3.67. The van der Waals surface area contributed by atoms with Crippen LogP contribution in [0.25, 0.3) is 0 Å². The molecule has 0 aromatic carbocycles. The van der Waals surface area contributed by atoms with Gasteiger partial charge < -0.3 is 0 Å². The molecule has 0 N–H and O–H groups in total. The molecule has 0 unspecified atom stereocenters. The number of rotatable bonds is 2. The van der Waals surface area contributed by atoms with Gasteiger partial charge in [-0.2, -0.15) is 0 Å². The van der Waals surface area contributed by atoms with Crippen LogP contribution < -0.4 is 4.57 Å². The summed E-state index contributed by atoms with van der Waals surface area (Å²) >= 11 is 0. The van der Waals surface area contributed by atoms with Crippen LogP contribution >= 0.6 is 0 Å². The second-order valence-corrected chi connectivity index (χ2v) is 6.35. The minimum absolute atomic E-state index is 0.00388. The van der Waals surface area contributed by atoms with E-state index in [-0.39, 0.29) is 29.6 Å². The summed E-state index contributed by atoms with van der Waals surface area (Å²) in [5.74, 6) is -0.186. The van der Waals surface area contributed by atoms with E-state index in [4.69, 9.17) is 0 Å². The average molecular weight is 285 g/mol. The Labute approximate surface area is 125 Å². The molecule has 0 saturated carbocycles. The Morgan fingerprint density at radius 1 is 1.33 bits per heavy atom. The summed E-state index contributed by atoms with van der Waals surface area (Å²) in [6.45, 7) is 4.47. The maximum Gasteiger partial charge on any atom is 0.234 e. The molecule has 0 radical (unpaired) electrons. The standard InChI is InChI=1S/C17H21N2O2/c1-11-7-12(2)15-14(8-11)16(20)19(17(15)21)10-13-5-4-6-18(3)9-13/h4-7,9,12,14-15H,8,10H2,1-3H3/q+1/t12-,14+,15+/m1/s1. The fourth-order valence-corrected chi connectivity index (χ4v) is 3.67. The summed E-state index contributed by atoms with van der Waals surface area (Å²) in [6, 6.07) is 3.89. The van der Waals surface area contributed by atoms with Gasteiger partial charge in [-0.1, -0.05) is 18.6 Å². The average Bonchev–Trinajstić information content (AvgIpc) is 2.64. The lowest BCUT2D eigenvalue weighted by molar-refractivity contribution is -0.672. The van der Waals surface area contributed by atoms with Gasteiger partial charge in [0.25, 0.3) is 0 Å². The third-order valence-electron chi connectivity index (χ3n) is 4.57. The highest BCUT2D eigenvalue weighted by Gasteiger charge is 2.50. The molecule has 1 aromatic rings. The zero-order valence-corrected chi connectivity index (χ0v) is 12.7. The van der Waals surface area contributed by atoms with Crippen molar-refractivity contribution in [2.24, 2.45) is 24.8 Å². The maximum absolute atomic E-state index is 12.6. The summed E-state index contributed by atoms with van der Waals surface area (Å²) in [6.07, 6.45) is 6.75. The van der Waals surface area contributed by atoms with Gasteiger partial charge in [-0.3, -0.25) is 14.5 Å². The number of hydrogen-bond donors (Lipinski definition) is 0. The second-order valence-electron chi connectivity index (χ2n) is 6.35. The molecule has 1 saturated heterocycles. The summed E-state index contributed by atoms with van der Waals surface area (Å²) in [7, 11) is 1.94. The summed E-state index contributed by atoms with van der Waals surface area (Å²) in [4.78, 5) is 26.7. The number of likely N-dealkylation sites (tertiary alicyclic amines) is 1. The van der Waals surface area contributed by atoms with Crippen LogP contribution in [0, 0.1) is 17.8 Å². The van der Waals surface area contributed by atoms with Crippen LogP contribution in [0.1, 0.15) is 25.8 Å². The van der Waals surface area contributed by atoms with Gasteiger partial charge in [-0.05, 0) is 25.3 Å². The number of pyridine rings is 1. The minimum atomic E-state index is -0.168. The van der Waals surface area contributed by atoms with Crippen LogP contribution in [0.4, 0.5) is 0 Å². The number of aromatic nitrogens is 1. The highest BCUT2D eigenvalue weighted by molar-refractivity contribution is 6.05. The summed E-state index contributed by atoms with van der Waals surface area (Å²) in [5.41, 5.74) is 2.20. The molecule has 0 spiro atoms. The van der Waals surface area contributed by atoms with E-state index in [0.29, 0.717) is 6.54 Å². The third kappa shape index (κ3) is 2.39. The quantitative estimate of drug-likeness (QED) is 0.470. The number of allylic oxidation sites excluding steroid dienone is 2. The number of amides is 2. The molecule has 3 atom stereocenters. The first-order valence-corrected chi connectivity index (χ1v) is 7.44. The molecule has 2 aliphatic rings. The van der Waals surface area contributed by atoms with E-state index in [9.17, 15) is 9.59 Å². The highest BCUT2D eigenvalue weighted by Crippen LogP contribution is 2.41. The Hall–Kier alpha value is -1.97. The van der Waals surface area contributed by atoms with Gasteiger partial charge in [0.2, 0.25) is 11.8 Å². The van der Waals surface area contributed by atoms with E-state index in [2.05, 4.69) is 6.08 Å². The van der Waals surface area contributed by atoms with Gasteiger partial charge in [0.05, 0.1) is 18.4 Å². The number of imide groups is 1. The van der Waals surface area contributed by atoms with Crippen molar-refractivity contribution in [3.8, 4) is 0 Å². The molecular weight excluding hydrogens is 264 g/mol. The molecule has 3 rings (SSSR count). The SMILES string of the molecule is CC1=C[C@@H](C)[C@@H]2C(=O)N(Cc3ccc[n+](C)c3)C(=O)[C@H]2C1. The molecule has 4 nitrogen and oxygen atoms in total. The fraction of sp³-hybridized carbons (Fsp3) is 0.471. The predicted molar refractivity (Wildman–Crippen MR) is 77.7 cm³/mol. The monoisotopic (exact) mass is 285 g/mol. The van der Waals surface area contributed by atoms with Crippen LogP contribution in [0.5, 0.6) is 0 Å². The van der Waals surface area contributed by atoms with Gasteiger partial charge >= 0.3 is 0 Å². The largest absolute Gasteiger partial charge is 0.277 e. The Bertz CT molecular complexity index is 635. The molecule has 110 valence electrons. The smallest absolute Gasteiger partial charge is 0.234 e. The van der Waals surface area contributed by atoms with Crippen molar-refractivity contribution in [3.05, 3.63) is 41.7 Å². The zero-order valence-electron chi connectivity index (χ0n) is 12.7. The maximum atomic E-state index is 12.6. The van der Waals surface area contributed by atoms with Crippen molar-refractivity contribution in [2.75, 3.05) is 0 Å². The molecule has 0 bridgehead atoms. The molecule has 2 amide bonds. The Kier molecular flexibility index (Phi) is 3.40.